The molecule has 0 amide bonds. The van der Waals surface area contributed by atoms with E-state index in [-0.39, 0.29) is 6.04 Å². The van der Waals surface area contributed by atoms with E-state index in [9.17, 15) is 0 Å². The maximum absolute atomic E-state index is 5.47. The second-order valence-electron chi connectivity index (χ2n) is 5.48. The fraction of sp³-hybridized carbons (Fsp3) is 0.625. The zero-order valence-electron chi connectivity index (χ0n) is 12.4. The molecular weight excluding hydrogens is 238 g/mol. The molecule has 2 rings (SSSR count). The molecular formula is C16H25NO2. The largest absolute Gasteiger partial charge is 0.497 e. The highest BCUT2D eigenvalue weighted by Crippen LogP contribution is 2.33. The second kappa shape index (κ2) is 6.29. The summed E-state index contributed by atoms with van der Waals surface area (Å²) in [4.78, 5) is 0. The van der Waals surface area contributed by atoms with Crippen LogP contribution in [0, 0.1) is 5.92 Å². The van der Waals surface area contributed by atoms with Gasteiger partial charge in [0.2, 0.25) is 0 Å². The summed E-state index contributed by atoms with van der Waals surface area (Å²) < 4.78 is 10.7. The Labute approximate surface area is 116 Å². The van der Waals surface area contributed by atoms with Crippen molar-refractivity contribution in [2.75, 3.05) is 14.2 Å². The molecule has 106 valence electrons. The molecule has 19 heavy (non-hydrogen) atoms. The maximum Gasteiger partial charge on any atom is 0.127 e. The third kappa shape index (κ3) is 3.21. The van der Waals surface area contributed by atoms with E-state index in [0.717, 1.165) is 17.4 Å². The fourth-order valence-corrected chi connectivity index (χ4v) is 2.74. The summed E-state index contributed by atoms with van der Waals surface area (Å²) in [5.74, 6) is 2.56. The number of nitrogens with one attached hydrogen (secondary N) is 1. The Morgan fingerprint density at radius 3 is 2.42 bits per heavy atom. The van der Waals surface area contributed by atoms with Gasteiger partial charge in [-0.2, -0.15) is 0 Å². The average Bonchev–Trinajstić information content (AvgIpc) is 2.35. The summed E-state index contributed by atoms with van der Waals surface area (Å²) >= 11 is 0. The molecule has 0 bridgehead atoms. The highest BCUT2D eigenvalue weighted by atomic mass is 16.5. The van der Waals surface area contributed by atoms with Crippen molar-refractivity contribution in [2.45, 2.75) is 45.2 Å². The molecule has 2 unspecified atom stereocenters. The second-order valence-corrected chi connectivity index (χ2v) is 5.48. The smallest absolute Gasteiger partial charge is 0.127 e. The predicted octanol–water partition coefficient (Wildman–Crippen LogP) is 3.54. The highest BCUT2D eigenvalue weighted by molar-refractivity contribution is 5.42. The van der Waals surface area contributed by atoms with Crippen molar-refractivity contribution in [3.05, 3.63) is 23.8 Å². The van der Waals surface area contributed by atoms with Gasteiger partial charge in [-0.15, -0.1) is 0 Å². The average molecular weight is 263 g/mol. The molecule has 3 heteroatoms. The van der Waals surface area contributed by atoms with E-state index in [4.69, 9.17) is 9.47 Å². The molecule has 0 aromatic heterocycles. The Balaban J connectivity index is 2.06. The molecule has 1 aromatic rings. The minimum atomic E-state index is 0.288. The number of ether oxygens (including phenoxy) is 2. The number of benzene rings is 1. The van der Waals surface area contributed by atoms with Crippen LogP contribution in [-0.2, 0) is 0 Å². The zero-order valence-corrected chi connectivity index (χ0v) is 12.4. The van der Waals surface area contributed by atoms with Crippen LogP contribution in [-0.4, -0.2) is 20.3 Å². The first kappa shape index (κ1) is 14.2. The van der Waals surface area contributed by atoms with Gasteiger partial charge in [0.25, 0.3) is 0 Å². The minimum Gasteiger partial charge on any atom is -0.497 e. The Kier molecular flexibility index (Phi) is 4.70. The first-order chi connectivity index (χ1) is 9.15. The number of rotatable bonds is 6. The zero-order chi connectivity index (χ0) is 13.8. The van der Waals surface area contributed by atoms with Gasteiger partial charge in [0.1, 0.15) is 11.5 Å². The number of hydrogen-bond acceptors (Lipinski definition) is 3. The summed E-state index contributed by atoms with van der Waals surface area (Å²) in [5, 5.41) is 3.69. The van der Waals surface area contributed by atoms with E-state index in [2.05, 4.69) is 25.2 Å². The number of methoxy groups -OCH3 is 2. The van der Waals surface area contributed by atoms with Crippen molar-refractivity contribution < 1.29 is 9.47 Å². The SMILES string of the molecule is COc1ccc(C(C)NC(C)C2CCC2)c(OC)c1. The molecule has 1 fully saturated rings. The summed E-state index contributed by atoms with van der Waals surface area (Å²) in [6, 6.07) is 6.88. The fourth-order valence-electron chi connectivity index (χ4n) is 2.74. The van der Waals surface area contributed by atoms with Crippen molar-refractivity contribution >= 4 is 0 Å². The third-order valence-electron chi connectivity index (χ3n) is 4.28. The lowest BCUT2D eigenvalue weighted by Gasteiger charge is -2.34. The lowest BCUT2D eigenvalue weighted by Crippen LogP contribution is -2.38. The molecule has 0 saturated heterocycles. The molecule has 1 aromatic carbocycles. The molecule has 0 radical (unpaired) electrons. The molecule has 0 spiro atoms. The van der Waals surface area contributed by atoms with Gasteiger partial charge in [0.15, 0.2) is 0 Å². The van der Waals surface area contributed by atoms with Crippen molar-refractivity contribution in [1.29, 1.82) is 0 Å². The van der Waals surface area contributed by atoms with Gasteiger partial charge in [-0.05, 0) is 38.7 Å². The lowest BCUT2D eigenvalue weighted by molar-refractivity contribution is 0.228. The Bertz CT molecular complexity index is 415. The van der Waals surface area contributed by atoms with Gasteiger partial charge < -0.3 is 14.8 Å². The van der Waals surface area contributed by atoms with E-state index in [1.54, 1.807) is 14.2 Å². The van der Waals surface area contributed by atoms with Crippen molar-refractivity contribution in [3.63, 3.8) is 0 Å². The Hall–Kier alpha value is -1.22. The van der Waals surface area contributed by atoms with Crippen LogP contribution in [0.1, 0.15) is 44.7 Å². The van der Waals surface area contributed by atoms with E-state index in [0.29, 0.717) is 6.04 Å². The van der Waals surface area contributed by atoms with Crippen LogP contribution in [0.4, 0.5) is 0 Å². The first-order valence-electron chi connectivity index (χ1n) is 7.13. The van der Waals surface area contributed by atoms with Crippen molar-refractivity contribution in [1.82, 2.24) is 5.32 Å². The van der Waals surface area contributed by atoms with Gasteiger partial charge in [-0.1, -0.05) is 12.5 Å². The van der Waals surface area contributed by atoms with Crippen molar-refractivity contribution in [3.8, 4) is 11.5 Å². The normalized spacial score (nSPS) is 18.5. The van der Waals surface area contributed by atoms with Crippen LogP contribution < -0.4 is 14.8 Å². The molecule has 1 saturated carbocycles. The van der Waals surface area contributed by atoms with Crippen LogP contribution >= 0.6 is 0 Å². The molecule has 1 N–H and O–H groups in total. The van der Waals surface area contributed by atoms with Gasteiger partial charge in [0, 0.05) is 23.7 Å². The van der Waals surface area contributed by atoms with Crippen LogP contribution in [0.2, 0.25) is 0 Å². The van der Waals surface area contributed by atoms with Gasteiger partial charge in [-0.25, -0.2) is 0 Å². The van der Waals surface area contributed by atoms with Crippen LogP contribution in [0.25, 0.3) is 0 Å². The van der Waals surface area contributed by atoms with Crippen LogP contribution in [0.3, 0.4) is 0 Å². The Morgan fingerprint density at radius 1 is 1.16 bits per heavy atom. The van der Waals surface area contributed by atoms with Gasteiger partial charge >= 0.3 is 0 Å². The summed E-state index contributed by atoms with van der Waals surface area (Å²) in [5.41, 5.74) is 1.19. The quantitative estimate of drug-likeness (QED) is 0.851. The summed E-state index contributed by atoms with van der Waals surface area (Å²) in [6.07, 6.45) is 4.11. The van der Waals surface area contributed by atoms with E-state index in [1.807, 2.05) is 12.1 Å². The highest BCUT2D eigenvalue weighted by Gasteiger charge is 2.25. The van der Waals surface area contributed by atoms with Crippen LogP contribution in [0.15, 0.2) is 18.2 Å². The summed E-state index contributed by atoms with van der Waals surface area (Å²) in [6.45, 7) is 4.48. The van der Waals surface area contributed by atoms with E-state index >= 15 is 0 Å². The monoisotopic (exact) mass is 263 g/mol. The van der Waals surface area contributed by atoms with E-state index < -0.39 is 0 Å². The standard InChI is InChI=1S/C16H25NO2/c1-11(13-6-5-7-13)17-12(2)15-9-8-14(18-3)10-16(15)19-4/h8-13,17H,5-7H2,1-4H3. The molecule has 3 nitrogen and oxygen atoms in total. The molecule has 0 aliphatic heterocycles. The first-order valence-corrected chi connectivity index (χ1v) is 7.13. The van der Waals surface area contributed by atoms with Gasteiger partial charge in [0.05, 0.1) is 14.2 Å². The number of hydrogen-bond donors (Lipinski definition) is 1. The Morgan fingerprint density at radius 2 is 1.89 bits per heavy atom. The predicted molar refractivity (Wildman–Crippen MR) is 77.9 cm³/mol. The lowest BCUT2D eigenvalue weighted by atomic mass is 9.80. The van der Waals surface area contributed by atoms with Crippen molar-refractivity contribution in [2.24, 2.45) is 5.92 Å². The van der Waals surface area contributed by atoms with Gasteiger partial charge in [-0.3, -0.25) is 0 Å². The molecule has 0 heterocycles. The molecule has 2 atom stereocenters. The maximum atomic E-state index is 5.47. The topological polar surface area (TPSA) is 30.5 Å². The van der Waals surface area contributed by atoms with E-state index in [1.165, 1.54) is 24.8 Å². The summed E-state index contributed by atoms with van der Waals surface area (Å²) in [7, 11) is 3.38. The molecule has 1 aliphatic carbocycles. The third-order valence-corrected chi connectivity index (χ3v) is 4.28. The van der Waals surface area contributed by atoms with Crippen LogP contribution in [0.5, 0.6) is 11.5 Å². The minimum absolute atomic E-state index is 0.288. The molecule has 1 aliphatic rings.